The summed E-state index contributed by atoms with van der Waals surface area (Å²) in [6, 6.07) is 8.00. The van der Waals surface area contributed by atoms with Gasteiger partial charge in [0.25, 0.3) is 5.56 Å². The zero-order valence-electron chi connectivity index (χ0n) is 16.5. The highest BCUT2D eigenvalue weighted by Crippen LogP contribution is 2.27. The van der Waals surface area contributed by atoms with Crippen LogP contribution in [-0.2, 0) is 13.6 Å². The van der Waals surface area contributed by atoms with E-state index in [4.69, 9.17) is 0 Å². The first-order chi connectivity index (χ1) is 13.5. The van der Waals surface area contributed by atoms with E-state index in [0.717, 1.165) is 48.6 Å². The highest BCUT2D eigenvalue weighted by atomic mass is 16.1. The molecule has 2 aromatic heterocycles. The molecule has 28 heavy (non-hydrogen) atoms. The largest absolute Gasteiger partial charge is 0.369 e. The van der Waals surface area contributed by atoms with Crippen LogP contribution in [0.1, 0.15) is 5.69 Å². The van der Waals surface area contributed by atoms with Crippen LogP contribution in [-0.4, -0.2) is 64.7 Å². The summed E-state index contributed by atoms with van der Waals surface area (Å²) in [7, 11) is 5.71. The van der Waals surface area contributed by atoms with Gasteiger partial charge in [-0.05, 0) is 18.2 Å². The molecular formula is C20H25N7O. The summed E-state index contributed by atoms with van der Waals surface area (Å²) >= 11 is 0. The van der Waals surface area contributed by atoms with Crippen molar-refractivity contribution in [1.29, 1.82) is 0 Å². The van der Waals surface area contributed by atoms with Crippen LogP contribution in [0.4, 0.5) is 11.5 Å². The molecule has 3 aromatic rings. The standard InChI is InChI=1S/C20H25N7O/c1-24(2)20-17-11-16(4-5-18(17)21-13-22-20)27-8-6-26(7-9-27)12-15-10-19(28)25(3)14-23-15/h4-5,10-11,13-14H,6-9,12H2,1-3H3. The van der Waals surface area contributed by atoms with Crippen LogP contribution in [0.25, 0.3) is 10.9 Å². The van der Waals surface area contributed by atoms with Crippen molar-refractivity contribution >= 4 is 22.4 Å². The van der Waals surface area contributed by atoms with E-state index in [-0.39, 0.29) is 5.56 Å². The van der Waals surface area contributed by atoms with Gasteiger partial charge in [0.15, 0.2) is 0 Å². The first kappa shape index (κ1) is 18.4. The molecule has 1 saturated heterocycles. The molecular weight excluding hydrogens is 354 g/mol. The van der Waals surface area contributed by atoms with Gasteiger partial charge in [-0.15, -0.1) is 0 Å². The summed E-state index contributed by atoms with van der Waals surface area (Å²) in [5.41, 5.74) is 2.96. The molecule has 0 aliphatic carbocycles. The van der Waals surface area contributed by atoms with Gasteiger partial charge in [-0.1, -0.05) is 0 Å². The number of aromatic nitrogens is 4. The fraction of sp³-hybridized carbons (Fsp3) is 0.400. The number of fused-ring (bicyclic) bond motifs is 1. The average molecular weight is 379 g/mol. The van der Waals surface area contributed by atoms with Gasteiger partial charge in [0.2, 0.25) is 0 Å². The Morgan fingerprint density at radius 2 is 1.82 bits per heavy atom. The highest BCUT2D eigenvalue weighted by Gasteiger charge is 2.19. The van der Waals surface area contributed by atoms with Crippen LogP contribution in [0.15, 0.2) is 41.7 Å². The summed E-state index contributed by atoms with van der Waals surface area (Å²) < 4.78 is 1.49. The Morgan fingerprint density at radius 1 is 1.04 bits per heavy atom. The molecule has 3 heterocycles. The lowest BCUT2D eigenvalue weighted by Gasteiger charge is -2.36. The van der Waals surface area contributed by atoms with E-state index >= 15 is 0 Å². The van der Waals surface area contributed by atoms with Crippen molar-refractivity contribution in [2.24, 2.45) is 7.05 Å². The van der Waals surface area contributed by atoms with E-state index in [2.05, 4.69) is 43.0 Å². The van der Waals surface area contributed by atoms with Crippen LogP contribution in [0.2, 0.25) is 0 Å². The van der Waals surface area contributed by atoms with Crippen LogP contribution in [0.5, 0.6) is 0 Å². The van der Waals surface area contributed by atoms with Crippen LogP contribution in [0, 0.1) is 0 Å². The number of hydrogen-bond donors (Lipinski definition) is 0. The Morgan fingerprint density at radius 3 is 2.54 bits per heavy atom. The van der Waals surface area contributed by atoms with Gasteiger partial charge in [-0.3, -0.25) is 9.69 Å². The van der Waals surface area contributed by atoms with E-state index in [1.807, 2.05) is 19.0 Å². The summed E-state index contributed by atoms with van der Waals surface area (Å²) in [5, 5.41) is 1.07. The van der Waals surface area contributed by atoms with E-state index in [9.17, 15) is 4.79 Å². The fourth-order valence-corrected chi connectivity index (χ4v) is 3.56. The molecule has 1 fully saturated rings. The second-order valence-corrected chi connectivity index (χ2v) is 7.39. The molecule has 0 saturated carbocycles. The monoisotopic (exact) mass is 379 g/mol. The second-order valence-electron chi connectivity index (χ2n) is 7.39. The Kier molecular flexibility index (Phi) is 4.95. The predicted octanol–water partition coefficient (Wildman–Crippen LogP) is 1.11. The lowest BCUT2D eigenvalue weighted by Crippen LogP contribution is -2.46. The number of benzene rings is 1. The maximum absolute atomic E-state index is 11.8. The number of anilines is 2. The smallest absolute Gasteiger partial charge is 0.253 e. The van der Waals surface area contributed by atoms with Gasteiger partial charge in [0.05, 0.1) is 17.5 Å². The van der Waals surface area contributed by atoms with Crippen molar-refractivity contribution in [1.82, 2.24) is 24.4 Å². The zero-order chi connectivity index (χ0) is 19.7. The third-order valence-corrected chi connectivity index (χ3v) is 5.18. The number of nitrogens with zero attached hydrogens (tertiary/aromatic N) is 7. The summed E-state index contributed by atoms with van der Waals surface area (Å²) in [6.07, 6.45) is 3.20. The second kappa shape index (κ2) is 7.55. The number of aryl methyl sites for hydroxylation is 1. The quantitative estimate of drug-likeness (QED) is 0.673. The number of hydrogen-bond acceptors (Lipinski definition) is 7. The van der Waals surface area contributed by atoms with Gasteiger partial charge >= 0.3 is 0 Å². The molecule has 146 valence electrons. The van der Waals surface area contributed by atoms with Crippen LogP contribution in [0.3, 0.4) is 0 Å². The topological polar surface area (TPSA) is 70.4 Å². The molecule has 0 radical (unpaired) electrons. The van der Waals surface area contributed by atoms with Crippen molar-refractivity contribution in [2.75, 3.05) is 50.1 Å². The third kappa shape index (κ3) is 3.68. The summed E-state index contributed by atoms with van der Waals surface area (Å²) in [4.78, 5) is 31.7. The van der Waals surface area contributed by atoms with Crippen molar-refractivity contribution in [2.45, 2.75) is 6.54 Å². The van der Waals surface area contributed by atoms with Crippen LogP contribution < -0.4 is 15.4 Å². The lowest BCUT2D eigenvalue weighted by molar-refractivity contribution is 0.246. The molecule has 1 aromatic carbocycles. The summed E-state index contributed by atoms with van der Waals surface area (Å²) in [5.74, 6) is 0.933. The SMILES string of the molecule is CN(C)c1ncnc2ccc(N3CCN(Cc4cc(=O)n(C)cn4)CC3)cc12. The van der Waals surface area contributed by atoms with Gasteiger partial charge in [-0.2, -0.15) is 0 Å². The molecule has 0 spiro atoms. The third-order valence-electron chi connectivity index (χ3n) is 5.18. The van der Waals surface area contributed by atoms with Gasteiger partial charge in [0, 0.05) is 71.0 Å². The molecule has 1 aliphatic rings. The maximum Gasteiger partial charge on any atom is 0.253 e. The summed E-state index contributed by atoms with van der Waals surface area (Å²) in [6.45, 7) is 4.43. The van der Waals surface area contributed by atoms with Gasteiger partial charge < -0.3 is 14.4 Å². The Hall–Kier alpha value is -3.00. The Labute approximate surface area is 164 Å². The molecule has 0 atom stereocenters. The lowest BCUT2D eigenvalue weighted by atomic mass is 10.1. The van der Waals surface area contributed by atoms with E-state index < -0.39 is 0 Å². The molecule has 8 heteroatoms. The molecule has 0 bridgehead atoms. The minimum absolute atomic E-state index is 0.0151. The van der Waals surface area contributed by atoms with E-state index in [0.29, 0.717) is 6.54 Å². The number of rotatable bonds is 4. The zero-order valence-corrected chi connectivity index (χ0v) is 16.5. The van der Waals surface area contributed by atoms with Gasteiger partial charge in [0.1, 0.15) is 12.1 Å². The normalized spacial score (nSPS) is 15.2. The fourth-order valence-electron chi connectivity index (χ4n) is 3.56. The first-order valence-corrected chi connectivity index (χ1v) is 9.42. The molecule has 0 amide bonds. The molecule has 1 aliphatic heterocycles. The van der Waals surface area contributed by atoms with Gasteiger partial charge in [-0.25, -0.2) is 15.0 Å². The first-order valence-electron chi connectivity index (χ1n) is 9.42. The molecule has 0 N–H and O–H groups in total. The minimum Gasteiger partial charge on any atom is -0.369 e. The van der Waals surface area contributed by atoms with E-state index in [1.165, 1.54) is 10.3 Å². The van der Waals surface area contributed by atoms with Crippen molar-refractivity contribution in [3.8, 4) is 0 Å². The molecule has 8 nitrogen and oxygen atoms in total. The van der Waals surface area contributed by atoms with E-state index in [1.54, 1.807) is 25.8 Å². The maximum atomic E-state index is 11.8. The predicted molar refractivity (Wildman–Crippen MR) is 111 cm³/mol. The number of piperazine rings is 1. The minimum atomic E-state index is -0.0151. The Balaban J connectivity index is 1.46. The van der Waals surface area contributed by atoms with Crippen molar-refractivity contribution in [3.63, 3.8) is 0 Å². The highest BCUT2D eigenvalue weighted by molar-refractivity contribution is 5.91. The molecule has 0 unspecified atom stereocenters. The average Bonchev–Trinajstić information content (AvgIpc) is 2.70. The van der Waals surface area contributed by atoms with Crippen molar-refractivity contribution in [3.05, 3.63) is 53.0 Å². The molecule has 4 rings (SSSR count). The van der Waals surface area contributed by atoms with Crippen molar-refractivity contribution < 1.29 is 0 Å². The van der Waals surface area contributed by atoms with Crippen LogP contribution >= 0.6 is 0 Å². The Bertz CT molecular complexity index is 1040.